The number of hydrogen-bond donors (Lipinski definition) is 0. The number of nitrogens with zero attached hydrogens (tertiary/aromatic N) is 1. The van der Waals surface area contributed by atoms with Gasteiger partial charge in [-0.05, 0) is 36.8 Å². The number of carbonyl (C=O) groups is 2. The Balaban J connectivity index is 2.02. The third kappa shape index (κ3) is 2.23. The summed E-state index contributed by atoms with van der Waals surface area (Å²) in [7, 11) is 0. The number of hydrogen-bond acceptors (Lipinski definition) is 2. The molecule has 0 radical (unpaired) electrons. The van der Waals surface area contributed by atoms with Crippen LogP contribution in [0, 0.1) is 0 Å². The van der Waals surface area contributed by atoms with Crippen molar-refractivity contribution in [3.05, 3.63) is 69.2 Å². The van der Waals surface area contributed by atoms with Crippen molar-refractivity contribution in [1.82, 2.24) is 4.90 Å². The average Bonchev–Trinajstić information content (AvgIpc) is 2.71. The van der Waals surface area contributed by atoms with Crippen molar-refractivity contribution in [2.45, 2.75) is 13.0 Å². The molecule has 106 valence electrons. The van der Waals surface area contributed by atoms with E-state index in [1.54, 1.807) is 49.4 Å². The lowest BCUT2D eigenvalue weighted by Gasteiger charge is -2.23. The van der Waals surface area contributed by atoms with Crippen LogP contribution >= 0.6 is 23.2 Å². The summed E-state index contributed by atoms with van der Waals surface area (Å²) in [6.45, 7) is 1.77. The largest absolute Gasteiger partial charge is 0.269 e. The highest BCUT2D eigenvalue weighted by Crippen LogP contribution is 2.34. The summed E-state index contributed by atoms with van der Waals surface area (Å²) in [4.78, 5) is 26.1. The average molecular weight is 320 g/mol. The van der Waals surface area contributed by atoms with Crippen LogP contribution in [0.15, 0.2) is 42.5 Å². The number of fused-ring (bicyclic) bond motifs is 1. The van der Waals surface area contributed by atoms with Gasteiger partial charge in [0.2, 0.25) is 0 Å². The Hall–Kier alpha value is -1.84. The van der Waals surface area contributed by atoms with E-state index >= 15 is 0 Å². The molecule has 1 aliphatic heterocycles. The van der Waals surface area contributed by atoms with Crippen molar-refractivity contribution in [2.24, 2.45) is 0 Å². The van der Waals surface area contributed by atoms with Crippen molar-refractivity contribution in [2.75, 3.05) is 0 Å². The summed E-state index contributed by atoms with van der Waals surface area (Å²) in [5.41, 5.74) is 1.55. The topological polar surface area (TPSA) is 37.4 Å². The molecule has 21 heavy (non-hydrogen) atoms. The van der Waals surface area contributed by atoms with Crippen LogP contribution in [0.3, 0.4) is 0 Å². The van der Waals surface area contributed by atoms with Crippen LogP contribution in [0.2, 0.25) is 10.0 Å². The van der Waals surface area contributed by atoms with E-state index in [-0.39, 0.29) is 11.8 Å². The Kier molecular flexibility index (Phi) is 3.47. The van der Waals surface area contributed by atoms with E-state index in [1.165, 1.54) is 4.90 Å². The minimum Gasteiger partial charge on any atom is -0.269 e. The molecule has 0 spiro atoms. The summed E-state index contributed by atoms with van der Waals surface area (Å²) in [6.07, 6.45) is 0. The highest BCUT2D eigenvalue weighted by molar-refractivity contribution is 6.35. The molecule has 1 atom stereocenters. The van der Waals surface area contributed by atoms with Gasteiger partial charge in [-0.2, -0.15) is 0 Å². The quantitative estimate of drug-likeness (QED) is 0.772. The van der Waals surface area contributed by atoms with Gasteiger partial charge >= 0.3 is 0 Å². The van der Waals surface area contributed by atoms with Gasteiger partial charge in [0.05, 0.1) is 17.2 Å². The molecule has 0 saturated carbocycles. The smallest absolute Gasteiger partial charge is 0.262 e. The third-order valence-corrected chi connectivity index (χ3v) is 4.19. The highest BCUT2D eigenvalue weighted by Gasteiger charge is 2.39. The summed E-state index contributed by atoms with van der Waals surface area (Å²) in [5, 5.41) is 0.949. The number of benzene rings is 2. The molecule has 1 aliphatic rings. The number of halogens is 2. The lowest BCUT2D eigenvalue weighted by atomic mass is 10.1. The SMILES string of the molecule is C[C@H](c1ccc(Cl)cc1Cl)N1C(=O)c2ccccc2C1=O. The van der Waals surface area contributed by atoms with Gasteiger partial charge in [-0.3, -0.25) is 14.5 Å². The second-order valence-corrected chi connectivity index (χ2v) is 5.71. The maximum atomic E-state index is 12.4. The highest BCUT2D eigenvalue weighted by atomic mass is 35.5. The first-order valence-electron chi connectivity index (χ1n) is 6.42. The molecule has 0 N–H and O–H groups in total. The summed E-state index contributed by atoms with van der Waals surface area (Å²) in [5.74, 6) is -0.594. The normalized spacial score (nSPS) is 15.3. The predicted molar refractivity (Wildman–Crippen MR) is 81.8 cm³/mol. The van der Waals surface area contributed by atoms with Gasteiger partial charge in [-0.1, -0.05) is 41.4 Å². The molecule has 2 amide bonds. The van der Waals surface area contributed by atoms with E-state index in [0.29, 0.717) is 26.7 Å². The van der Waals surface area contributed by atoms with Gasteiger partial charge in [-0.15, -0.1) is 0 Å². The van der Waals surface area contributed by atoms with Crippen molar-refractivity contribution in [1.29, 1.82) is 0 Å². The predicted octanol–water partition coefficient (Wildman–Crippen LogP) is 4.35. The Bertz CT molecular complexity index is 723. The minimum absolute atomic E-state index is 0.297. The van der Waals surface area contributed by atoms with Gasteiger partial charge in [0.25, 0.3) is 11.8 Å². The first-order chi connectivity index (χ1) is 10.0. The minimum atomic E-state index is -0.456. The molecule has 1 heterocycles. The Morgan fingerprint density at radius 1 is 0.952 bits per heavy atom. The van der Waals surface area contributed by atoms with Crippen molar-refractivity contribution in [3.8, 4) is 0 Å². The molecule has 3 nitrogen and oxygen atoms in total. The fourth-order valence-corrected chi connectivity index (χ4v) is 3.11. The number of rotatable bonds is 2. The monoisotopic (exact) mass is 319 g/mol. The molecule has 5 heteroatoms. The zero-order chi connectivity index (χ0) is 15.1. The number of imide groups is 1. The molecule has 0 saturated heterocycles. The van der Waals surface area contributed by atoms with Crippen LogP contribution in [0.25, 0.3) is 0 Å². The number of amides is 2. The first kappa shape index (κ1) is 14.1. The third-order valence-electron chi connectivity index (χ3n) is 3.63. The fraction of sp³-hybridized carbons (Fsp3) is 0.125. The van der Waals surface area contributed by atoms with Gasteiger partial charge in [0, 0.05) is 10.0 Å². The van der Waals surface area contributed by atoms with Gasteiger partial charge in [0.1, 0.15) is 0 Å². The number of carbonyl (C=O) groups excluding carboxylic acids is 2. The van der Waals surface area contributed by atoms with Crippen molar-refractivity contribution in [3.63, 3.8) is 0 Å². The van der Waals surface area contributed by atoms with Crippen LogP contribution in [-0.4, -0.2) is 16.7 Å². The second-order valence-electron chi connectivity index (χ2n) is 4.87. The molecule has 0 bridgehead atoms. The van der Waals surface area contributed by atoms with E-state index in [4.69, 9.17) is 23.2 Å². The Morgan fingerprint density at radius 2 is 1.52 bits per heavy atom. The van der Waals surface area contributed by atoms with Gasteiger partial charge < -0.3 is 0 Å². The lowest BCUT2D eigenvalue weighted by Crippen LogP contribution is -2.32. The molecule has 0 unspecified atom stereocenters. The summed E-state index contributed by atoms with van der Waals surface area (Å²) >= 11 is 12.1. The Morgan fingerprint density at radius 3 is 2.05 bits per heavy atom. The van der Waals surface area contributed by atoms with Gasteiger partial charge in [-0.25, -0.2) is 0 Å². The molecular formula is C16H11Cl2NO2. The first-order valence-corrected chi connectivity index (χ1v) is 7.18. The molecule has 0 aromatic heterocycles. The second kappa shape index (κ2) is 5.17. The van der Waals surface area contributed by atoms with Gasteiger partial charge in [0.15, 0.2) is 0 Å². The maximum absolute atomic E-state index is 12.4. The van der Waals surface area contributed by atoms with E-state index in [2.05, 4.69) is 0 Å². The molecule has 2 aromatic carbocycles. The van der Waals surface area contributed by atoms with Crippen LogP contribution in [0.4, 0.5) is 0 Å². The summed E-state index contributed by atoms with van der Waals surface area (Å²) in [6, 6.07) is 11.4. The van der Waals surface area contributed by atoms with Crippen LogP contribution in [0.5, 0.6) is 0 Å². The zero-order valence-electron chi connectivity index (χ0n) is 11.1. The Labute approximate surface area is 132 Å². The standard InChI is InChI=1S/C16H11Cl2NO2/c1-9(11-7-6-10(17)8-14(11)18)19-15(20)12-4-2-3-5-13(12)16(19)21/h2-9H,1H3/t9-/m1/s1. The van der Waals surface area contributed by atoms with Crippen LogP contribution < -0.4 is 0 Å². The van der Waals surface area contributed by atoms with E-state index in [0.717, 1.165) is 0 Å². The molecule has 2 aromatic rings. The van der Waals surface area contributed by atoms with E-state index < -0.39 is 6.04 Å². The van der Waals surface area contributed by atoms with E-state index in [1.807, 2.05) is 0 Å². The van der Waals surface area contributed by atoms with Crippen LogP contribution in [0.1, 0.15) is 39.2 Å². The van der Waals surface area contributed by atoms with Crippen molar-refractivity contribution < 1.29 is 9.59 Å². The van der Waals surface area contributed by atoms with Crippen LogP contribution in [-0.2, 0) is 0 Å². The fourth-order valence-electron chi connectivity index (χ4n) is 2.54. The lowest BCUT2D eigenvalue weighted by molar-refractivity contribution is 0.0595. The maximum Gasteiger partial charge on any atom is 0.262 e. The molecule has 3 rings (SSSR count). The molecule has 0 fully saturated rings. The van der Waals surface area contributed by atoms with E-state index in [9.17, 15) is 9.59 Å². The molecular weight excluding hydrogens is 309 g/mol. The summed E-state index contributed by atoms with van der Waals surface area (Å²) < 4.78 is 0. The van der Waals surface area contributed by atoms with Crippen molar-refractivity contribution >= 4 is 35.0 Å². The molecule has 0 aliphatic carbocycles. The zero-order valence-corrected chi connectivity index (χ0v) is 12.7.